The van der Waals surface area contributed by atoms with Gasteiger partial charge in [-0.05, 0) is 42.1 Å². The molecule has 0 unspecified atom stereocenters. The molecule has 3 aromatic rings. The third kappa shape index (κ3) is 3.96. The molecule has 0 saturated heterocycles. The van der Waals surface area contributed by atoms with E-state index in [1.165, 1.54) is 6.08 Å². The molecule has 0 spiro atoms. The number of aromatic amines is 2. The molecule has 0 aliphatic rings. The number of benzene rings is 2. The van der Waals surface area contributed by atoms with E-state index in [1.54, 1.807) is 24.3 Å². The smallest absolute Gasteiger partial charge is 0.323 e. The van der Waals surface area contributed by atoms with E-state index in [0.29, 0.717) is 16.7 Å². The van der Waals surface area contributed by atoms with Crippen molar-refractivity contribution in [1.29, 1.82) is 0 Å². The summed E-state index contributed by atoms with van der Waals surface area (Å²) in [6.07, 6.45) is 3.12. The number of hydrogen-bond acceptors (Lipinski definition) is 3. The van der Waals surface area contributed by atoms with Crippen LogP contribution in [0.2, 0.25) is 0 Å². The fraction of sp³-hybridized carbons (Fsp3) is 0. The predicted molar refractivity (Wildman–Crippen MR) is 98.8 cm³/mol. The van der Waals surface area contributed by atoms with Gasteiger partial charge in [0.25, 0.3) is 0 Å². The largest absolute Gasteiger partial charge is 0.332 e. The highest BCUT2D eigenvalue weighted by molar-refractivity contribution is 7.80. The minimum Gasteiger partial charge on any atom is -0.332 e. The Morgan fingerprint density at radius 1 is 1.04 bits per heavy atom. The Morgan fingerprint density at radius 3 is 2.58 bits per heavy atom. The first kappa shape index (κ1) is 15.7. The number of aromatic nitrogens is 2. The van der Waals surface area contributed by atoms with Gasteiger partial charge in [-0.25, -0.2) is 4.79 Å². The lowest BCUT2D eigenvalue weighted by atomic mass is 10.2. The van der Waals surface area contributed by atoms with E-state index in [-0.39, 0.29) is 16.7 Å². The van der Waals surface area contributed by atoms with Gasteiger partial charge in [0.15, 0.2) is 5.11 Å². The van der Waals surface area contributed by atoms with Gasteiger partial charge in [0.05, 0.1) is 11.0 Å². The summed E-state index contributed by atoms with van der Waals surface area (Å²) in [6.45, 7) is 0. The number of carbonyl (C=O) groups excluding carboxylic acids is 1. The van der Waals surface area contributed by atoms with Gasteiger partial charge in [0.1, 0.15) is 0 Å². The normalized spacial score (nSPS) is 10.8. The van der Waals surface area contributed by atoms with E-state index in [1.807, 2.05) is 30.3 Å². The zero-order valence-corrected chi connectivity index (χ0v) is 13.3. The second kappa shape index (κ2) is 6.93. The zero-order valence-electron chi connectivity index (χ0n) is 12.5. The van der Waals surface area contributed by atoms with Crippen LogP contribution in [-0.4, -0.2) is 21.0 Å². The topological polar surface area (TPSA) is 89.8 Å². The Hall–Kier alpha value is -3.19. The first-order valence-corrected chi connectivity index (χ1v) is 7.58. The molecule has 0 aliphatic heterocycles. The maximum Gasteiger partial charge on any atom is 0.323 e. The predicted octanol–water partition coefficient (Wildman–Crippen LogP) is 2.38. The van der Waals surface area contributed by atoms with Crippen LogP contribution < -0.4 is 16.3 Å². The monoisotopic (exact) mass is 338 g/mol. The van der Waals surface area contributed by atoms with Crippen LogP contribution in [0.25, 0.3) is 17.1 Å². The van der Waals surface area contributed by atoms with Crippen molar-refractivity contribution in [2.45, 2.75) is 0 Å². The Kier molecular flexibility index (Phi) is 4.53. The van der Waals surface area contributed by atoms with Crippen molar-refractivity contribution in [3.05, 3.63) is 70.7 Å². The maximum atomic E-state index is 11.9. The number of amides is 1. The van der Waals surface area contributed by atoms with Crippen molar-refractivity contribution in [3.63, 3.8) is 0 Å². The highest BCUT2D eigenvalue weighted by atomic mass is 32.1. The van der Waals surface area contributed by atoms with E-state index >= 15 is 0 Å². The standard InChI is InChI=1S/C17H14N4O2S/c22-15(9-6-11-4-2-1-3-5-11)21-17(24)18-12-7-8-13-14(10-12)20-16(23)19-13/h1-10H,(H2,19,20,23)(H2,18,21,22,24). The number of carbonyl (C=O) groups is 1. The molecule has 7 heteroatoms. The molecular formula is C17H14N4O2S. The molecule has 2 aromatic carbocycles. The van der Waals surface area contributed by atoms with Gasteiger partial charge in [-0.2, -0.15) is 0 Å². The van der Waals surface area contributed by atoms with Crippen LogP contribution in [0.4, 0.5) is 5.69 Å². The molecule has 1 heterocycles. The maximum absolute atomic E-state index is 11.9. The Balaban J connectivity index is 1.60. The molecule has 6 nitrogen and oxygen atoms in total. The SMILES string of the molecule is O=C(C=Cc1ccccc1)NC(=S)Nc1ccc2[nH]c(=O)[nH]c2c1. The Morgan fingerprint density at radius 2 is 1.79 bits per heavy atom. The Labute approximate surface area is 142 Å². The third-order valence-corrected chi connectivity index (χ3v) is 3.44. The average molecular weight is 338 g/mol. The first-order valence-electron chi connectivity index (χ1n) is 7.17. The highest BCUT2D eigenvalue weighted by Crippen LogP contribution is 2.14. The quantitative estimate of drug-likeness (QED) is 0.436. The van der Waals surface area contributed by atoms with Crippen LogP contribution >= 0.6 is 12.2 Å². The van der Waals surface area contributed by atoms with Gasteiger partial charge >= 0.3 is 5.69 Å². The van der Waals surface area contributed by atoms with Crippen molar-refractivity contribution in [2.24, 2.45) is 0 Å². The second-order valence-electron chi connectivity index (χ2n) is 5.03. The molecule has 4 N–H and O–H groups in total. The fourth-order valence-corrected chi connectivity index (χ4v) is 2.38. The van der Waals surface area contributed by atoms with E-state index in [9.17, 15) is 9.59 Å². The summed E-state index contributed by atoms with van der Waals surface area (Å²) >= 11 is 5.11. The van der Waals surface area contributed by atoms with Crippen LogP contribution in [0.3, 0.4) is 0 Å². The number of imidazole rings is 1. The first-order chi connectivity index (χ1) is 11.6. The summed E-state index contributed by atoms with van der Waals surface area (Å²) in [5.74, 6) is -0.326. The molecule has 0 atom stereocenters. The van der Waals surface area contributed by atoms with Crippen LogP contribution in [0.15, 0.2) is 59.4 Å². The van der Waals surface area contributed by atoms with Crippen molar-refractivity contribution in [2.75, 3.05) is 5.32 Å². The summed E-state index contributed by atoms with van der Waals surface area (Å²) in [5.41, 5.74) is 2.67. The second-order valence-corrected chi connectivity index (χ2v) is 5.44. The molecular weight excluding hydrogens is 324 g/mol. The number of anilines is 1. The molecule has 120 valence electrons. The number of rotatable bonds is 3. The van der Waals surface area contributed by atoms with Crippen LogP contribution in [0.1, 0.15) is 5.56 Å². The van der Waals surface area contributed by atoms with Gasteiger partial charge in [-0.1, -0.05) is 30.3 Å². The molecule has 0 aliphatic carbocycles. The van der Waals surface area contributed by atoms with Crippen LogP contribution in [-0.2, 0) is 4.79 Å². The zero-order chi connectivity index (χ0) is 16.9. The summed E-state index contributed by atoms with van der Waals surface area (Å²) in [6, 6.07) is 14.7. The number of fused-ring (bicyclic) bond motifs is 1. The minimum absolute atomic E-state index is 0.176. The minimum atomic E-state index is -0.326. The summed E-state index contributed by atoms with van der Waals surface area (Å²) < 4.78 is 0. The van der Waals surface area contributed by atoms with Crippen LogP contribution in [0.5, 0.6) is 0 Å². The number of H-pyrrole nitrogens is 2. The number of hydrogen-bond donors (Lipinski definition) is 4. The van der Waals surface area contributed by atoms with Crippen molar-refractivity contribution in [3.8, 4) is 0 Å². The van der Waals surface area contributed by atoms with Crippen molar-refractivity contribution < 1.29 is 4.79 Å². The molecule has 0 bridgehead atoms. The fourth-order valence-electron chi connectivity index (χ4n) is 2.16. The van der Waals surface area contributed by atoms with Crippen molar-refractivity contribution in [1.82, 2.24) is 15.3 Å². The summed E-state index contributed by atoms with van der Waals surface area (Å²) in [5, 5.41) is 5.64. The lowest BCUT2D eigenvalue weighted by molar-refractivity contribution is -0.115. The molecule has 3 rings (SSSR count). The molecule has 1 aromatic heterocycles. The summed E-state index contributed by atoms with van der Waals surface area (Å²) in [7, 11) is 0. The van der Waals surface area contributed by atoms with Crippen LogP contribution in [0, 0.1) is 0 Å². The van der Waals surface area contributed by atoms with E-state index < -0.39 is 0 Å². The van der Waals surface area contributed by atoms with E-state index in [2.05, 4.69) is 20.6 Å². The average Bonchev–Trinajstić information content (AvgIpc) is 2.93. The summed E-state index contributed by atoms with van der Waals surface area (Å²) in [4.78, 5) is 28.4. The molecule has 1 amide bonds. The van der Waals surface area contributed by atoms with Gasteiger partial charge in [0, 0.05) is 11.8 Å². The number of nitrogens with one attached hydrogen (secondary N) is 4. The lowest BCUT2D eigenvalue weighted by Crippen LogP contribution is -2.32. The van der Waals surface area contributed by atoms with E-state index in [0.717, 1.165) is 5.56 Å². The van der Waals surface area contributed by atoms with Gasteiger partial charge in [0.2, 0.25) is 5.91 Å². The Bertz CT molecular complexity index is 973. The van der Waals surface area contributed by atoms with Gasteiger partial charge in [-0.3, -0.25) is 10.1 Å². The third-order valence-electron chi connectivity index (χ3n) is 3.24. The van der Waals surface area contributed by atoms with Crippen molar-refractivity contribution >= 4 is 46.0 Å². The lowest BCUT2D eigenvalue weighted by Gasteiger charge is -2.08. The molecule has 0 saturated carbocycles. The number of thiocarbonyl (C=S) groups is 1. The molecule has 0 radical (unpaired) electrons. The molecule has 0 fully saturated rings. The van der Waals surface area contributed by atoms with E-state index in [4.69, 9.17) is 12.2 Å². The van der Waals surface area contributed by atoms with Gasteiger partial charge < -0.3 is 15.3 Å². The molecule has 24 heavy (non-hydrogen) atoms. The highest BCUT2D eigenvalue weighted by Gasteiger charge is 2.04. The van der Waals surface area contributed by atoms with Gasteiger partial charge in [-0.15, -0.1) is 0 Å².